The Labute approximate surface area is 121 Å². The maximum atomic E-state index is 11.0. The van der Waals surface area contributed by atoms with Gasteiger partial charge in [-0.15, -0.1) is 0 Å². The number of phenolic OH excluding ortho intramolecular Hbond substituents is 1. The van der Waals surface area contributed by atoms with Crippen molar-refractivity contribution < 1.29 is 10.0 Å². The lowest BCUT2D eigenvalue weighted by Gasteiger charge is -2.16. The summed E-state index contributed by atoms with van der Waals surface area (Å²) in [5.74, 6) is 0.126. The second-order valence-corrected chi connectivity index (χ2v) is 4.56. The first kappa shape index (κ1) is 14.3. The van der Waals surface area contributed by atoms with Crippen molar-refractivity contribution in [3.8, 4) is 11.8 Å². The van der Waals surface area contributed by atoms with Crippen molar-refractivity contribution in [3.05, 3.63) is 63.7 Å². The highest BCUT2D eigenvalue weighted by molar-refractivity contribution is 5.65. The Balaban J connectivity index is 2.34. The molecule has 0 fully saturated rings. The van der Waals surface area contributed by atoms with E-state index in [1.165, 1.54) is 18.2 Å². The fourth-order valence-electron chi connectivity index (χ4n) is 1.99. The second kappa shape index (κ2) is 5.92. The quantitative estimate of drug-likeness (QED) is 0.662. The van der Waals surface area contributed by atoms with Crippen molar-refractivity contribution in [3.63, 3.8) is 0 Å². The summed E-state index contributed by atoms with van der Waals surface area (Å²) in [5, 5.41) is 32.4. The molecule has 6 nitrogen and oxygen atoms in total. The number of nitrogens with one attached hydrogen (secondary N) is 1. The van der Waals surface area contributed by atoms with Crippen molar-refractivity contribution in [2.45, 2.75) is 13.0 Å². The van der Waals surface area contributed by atoms with Gasteiger partial charge in [-0.1, -0.05) is 12.1 Å². The molecule has 21 heavy (non-hydrogen) atoms. The summed E-state index contributed by atoms with van der Waals surface area (Å²) in [7, 11) is 0. The number of hydrogen-bond donors (Lipinski definition) is 2. The third-order valence-corrected chi connectivity index (χ3v) is 3.06. The minimum absolute atomic E-state index is 0.0963. The van der Waals surface area contributed by atoms with Gasteiger partial charge in [-0.2, -0.15) is 5.26 Å². The zero-order chi connectivity index (χ0) is 15.4. The largest absolute Gasteiger partial charge is 0.508 e. The molecule has 2 aromatic rings. The summed E-state index contributed by atoms with van der Waals surface area (Å²) in [6.07, 6.45) is 0. The van der Waals surface area contributed by atoms with E-state index in [9.17, 15) is 15.2 Å². The molecule has 106 valence electrons. The molecular formula is C15H13N3O3. The number of anilines is 1. The van der Waals surface area contributed by atoms with Gasteiger partial charge >= 0.3 is 0 Å². The maximum Gasteiger partial charge on any atom is 0.292 e. The molecule has 0 saturated heterocycles. The molecule has 0 unspecified atom stereocenters. The lowest BCUT2D eigenvalue weighted by atomic mass is 10.1. The van der Waals surface area contributed by atoms with Crippen LogP contribution in [0, 0.1) is 21.4 Å². The van der Waals surface area contributed by atoms with Crippen LogP contribution >= 0.6 is 0 Å². The fraction of sp³-hybridized carbons (Fsp3) is 0.133. The van der Waals surface area contributed by atoms with Crippen molar-refractivity contribution >= 4 is 11.4 Å². The van der Waals surface area contributed by atoms with E-state index < -0.39 is 4.92 Å². The van der Waals surface area contributed by atoms with E-state index in [1.807, 2.05) is 13.0 Å². The summed E-state index contributed by atoms with van der Waals surface area (Å²) < 4.78 is 0. The van der Waals surface area contributed by atoms with Crippen molar-refractivity contribution in [2.24, 2.45) is 0 Å². The number of hydrogen-bond acceptors (Lipinski definition) is 5. The summed E-state index contributed by atoms with van der Waals surface area (Å²) in [5.41, 5.74) is 1.30. The maximum absolute atomic E-state index is 11.0. The van der Waals surface area contributed by atoms with Gasteiger partial charge in [0.25, 0.3) is 5.69 Å². The second-order valence-electron chi connectivity index (χ2n) is 4.56. The number of nitriles is 1. The molecule has 2 N–H and O–H groups in total. The molecule has 1 atom stereocenters. The third-order valence-electron chi connectivity index (χ3n) is 3.06. The van der Waals surface area contributed by atoms with Crippen LogP contribution in [0.25, 0.3) is 0 Å². The highest BCUT2D eigenvalue weighted by Crippen LogP contribution is 2.29. The monoisotopic (exact) mass is 283 g/mol. The molecule has 2 rings (SSSR count). The van der Waals surface area contributed by atoms with Crippen LogP contribution < -0.4 is 5.32 Å². The van der Waals surface area contributed by atoms with Crippen LogP contribution in [0.1, 0.15) is 24.1 Å². The Morgan fingerprint density at radius 2 is 2.10 bits per heavy atom. The number of phenols is 1. The van der Waals surface area contributed by atoms with Gasteiger partial charge < -0.3 is 10.4 Å². The first-order chi connectivity index (χ1) is 10.0. The van der Waals surface area contributed by atoms with Crippen LogP contribution in [-0.2, 0) is 0 Å². The normalized spacial score (nSPS) is 11.4. The number of aromatic hydroxyl groups is 1. The van der Waals surface area contributed by atoms with Gasteiger partial charge in [0.2, 0.25) is 0 Å². The zero-order valence-corrected chi connectivity index (χ0v) is 11.3. The number of benzene rings is 2. The van der Waals surface area contributed by atoms with Crippen LogP contribution in [0.15, 0.2) is 42.5 Å². The molecule has 6 heteroatoms. The summed E-state index contributed by atoms with van der Waals surface area (Å²) >= 11 is 0. The molecule has 0 aliphatic carbocycles. The summed E-state index contributed by atoms with van der Waals surface area (Å²) in [6, 6.07) is 12.5. The Bertz CT molecular complexity index is 722. The predicted octanol–water partition coefficient (Wildman–Crippen LogP) is 3.35. The van der Waals surface area contributed by atoms with Crippen molar-refractivity contribution in [1.82, 2.24) is 0 Å². The SMILES string of the molecule is C[C@H](Nc1cc(C#N)ccc1[N+](=O)[O-])c1cccc(O)c1. The van der Waals surface area contributed by atoms with Crippen LogP contribution in [0.3, 0.4) is 0 Å². The van der Waals surface area contributed by atoms with Gasteiger partial charge in [0.15, 0.2) is 0 Å². The van der Waals surface area contributed by atoms with Crippen LogP contribution in [0.5, 0.6) is 5.75 Å². The smallest absolute Gasteiger partial charge is 0.292 e. The highest BCUT2D eigenvalue weighted by Gasteiger charge is 2.17. The lowest BCUT2D eigenvalue weighted by molar-refractivity contribution is -0.384. The minimum Gasteiger partial charge on any atom is -0.508 e. The molecule has 0 saturated carbocycles. The van der Waals surface area contributed by atoms with Crippen molar-refractivity contribution in [2.75, 3.05) is 5.32 Å². The van der Waals surface area contributed by atoms with Gasteiger partial charge in [-0.05, 0) is 36.8 Å². The van der Waals surface area contributed by atoms with Crippen LogP contribution in [-0.4, -0.2) is 10.0 Å². The van der Waals surface area contributed by atoms with E-state index in [2.05, 4.69) is 5.32 Å². The number of nitro groups is 1. The molecule has 0 radical (unpaired) electrons. The zero-order valence-electron chi connectivity index (χ0n) is 11.3. The molecule has 0 spiro atoms. The van der Waals surface area contributed by atoms with E-state index in [0.29, 0.717) is 5.56 Å². The summed E-state index contributed by atoms with van der Waals surface area (Å²) in [4.78, 5) is 10.5. The van der Waals surface area contributed by atoms with E-state index in [4.69, 9.17) is 5.26 Å². The van der Waals surface area contributed by atoms with Crippen molar-refractivity contribution in [1.29, 1.82) is 5.26 Å². The molecule has 0 aliphatic heterocycles. The topological polar surface area (TPSA) is 99.2 Å². The molecular weight excluding hydrogens is 270 g/mol. The molecule has 0 heterocycles. The Morgan fingerprint density at radius 1 is 1.33 bits per heavy atom. The first-order valence-electron chi connectivity index (χ1n) is 6.25. The lowest BCUT2D eigenvalue weighted by Crippen LogP contribution is -2.08. The van der Waals surface area contributed by atoms with Crippen LogP contribution in [0.2, 0.25) is 0 Å². The van der Waals surface area contributed by atoms with Gasteiger partial charge in [0, 0.05) is 12.1 Å². The third kappa shape index (κ3) is 3.28. The predicted molar refractivity (Wildman–Crippen MR) is 78.0 cm³/mol. The van der Waals surface area contributed by atoms with Gasteiger partial charge in [0.1, 0.15) is 11.4 Å². The molecule has 0 aliphatic rings. The Kier molecular flexibility index (Phi) is 4.05. The van der Waals surface area contributed by atoms with E-state index in [0.717, 1.165) is 5.56 Å². The van der Waals surface area contributed by atoms with Crippen LogP contribution in [0.4, 0.5) is 11.4 Å². The average molecular weight is 283 g/mol. The van der Waals surface area contributed by atoms with Gasteiger partial charge in [-0.25, -0.2) is 0 Å². The van der Waals surface area contributed by atoms with E-state index >= 15 is 0 Å². The first-order valence-corrected chi connectivity index (χ1v) is 6.25. The van der Waals surface area contributed by atoms with E-state index in [-0.39, 0.29) is 23.2 Å². The summed E-state index contributed by atoms with van der Waals surface area (Å²) in [6.45, 7) is 1.82. The van der Waals surface area contributed by atoms with Gasteiger partial charge in [-0.3, -0.25) is 10.1 Å². The molecule has 0 bridgehead atoms. The molecule has 0 aromatic heterocycles. The Morgan fingerprint density at radius 3 is 2.71 bits per heavy atom. The molecule has 0 amide bonds. The fourth-order valence-corrected chi connectivity index (χ4v) is 1.99. The Hall–Kier alpha value is -3.07. The van der Waals surface area contributed by atoms with Gasteiger partial charge in [0.05, 0.1) is 16.6 Å². The van der Waals surface area contributed by atoms with E-state index in [1.54, 1.807) is 24.3 Å². The standard InChI is InChI=1S/C15H13N3O3/c1-10(12-3-2-4-13(19)8-12)17-14-7-11(9-16)5-6-15(14)18(20)21/h2-8,10,17,19H,1H3/t10-/m0/s1. The molecule has 2 aromatic carbocycles. The average Bonchev–Trinajstić information content (AvgIpc) is 2.46. The number of nitrogens with zero attached hydrogens (tertiary/aromatic N) is 2. The number of nitro benzene ring substituents is 1. The minimum atomic E-state index is -0.501. The number of rotatable bonds is 4. The highest BCUT2D eigenvalue weighted by atomic mass is 16.6.